The molecule has 0 atom stereocenters. The first-order chi connectivity index (χ1) is 12.1. The van der Waals surface area contributed by atoms with Gasteiger partial charge in [-0.3, -0.25) is 4.79 Å². The van der Waals surface area contributed by atoms with Gasteiger partial charge in [-0.15, -0.1) is 0 Å². The maximum absolute atomic E-state index is 12.2. The maximum Gasteiger partial charge on any atom is 0.258 e. The highest BCUT2D eigenvalue weighted by atomic mass is 35.5. The Balaban J connectivity index is 1.66. The summed E-state index contributed by atoms with van der Waals surface area (Å²) < 4.78 is 0. The molecule has 6 nitrogen and oxygen atoms in total. The van der Waals surface area contributed by atoms with Crippen LogP contribution in [0.2, 0.25) is 5.02 Å². The Morgan fingerprint density at radius 3 is 2.40 bits per heavy atom. The monoisotopic (exact) mass is 349 g/mol. The van der Waals surface area contributed by atoms with Gasteiger partial charge >= 0.3 is 0 Å². The van der Waals surface area contributed by atoms with Gasteiger partial charge in [-0.25, -0.2) is 9.97 Å². The third kappa shape index (κ3) is 4.31. The lowest BCUT2D eigenvalue weighted by molar-refractivity contribution is 0.102. The van der Waals surface area contributed by atoms with Gasteiger partial charge in [-0.2, -0.15) is 5.26 Å². The summed E-state index contributed by atoms with van der Waals surface area (Å²) in [5.41, 5.74) is 2.23. The highest BCUT2D eigenvalue weighted by Gasteiger charge is 2.08. The fourth-order valence-corrected chi connectivity index (χ4v) is 2.23. The van der Waals surface area contributed by atoms with E-state index in [4.69, 9.17) is 16.9 Å². The molecule has 7 heteroatoms. The highest BCUT2D eigenvalue weighted by molar-refractivity contribution is 6.30. The molecule has 2 N–H and O–H groups in total. The fraction of sp³-hybridized carbons (Fsp3) is 0. The number of nitriles is 1. The zero-order valence-electron chi connectivity index (χ0n) is 12.9. The Hall–Kier alpha value is -3.43. The van der Waals surface area contributed by atoms with Crippen LogP contribution in [0.3, 0.4) is 0 Å². The molecule has 0 aliphatic rings. The molecule has 1 amide bonds. The number of amides is 1. The summed E-state index contributed by atoms with van der Waals surface area (Å²) in [6.45, 7) is 0. The number of aromatic nitrogens is 2. The number of benzene rings is 2. The average Bonchev–Trinajstić information content (AvgIpc) is 2.63. The molecule has 2 aromatic carbocycles. The van der Waals surface area contributed by atoms with Gasteiger partial charge in [-0.05, 0) is 42.5 Å². The molecule has 0 fully saturated rings. The molecule has 0 unspecified atom stereocenters. The number of halogens is 1. The Labute approximate surface area is 149 Å². The van der Waals surface area contributed by atoms with Crippen molar-refractivity contribution >= 4 is 34.8 Å². The van der Waals surface area contributed by atoms with Crippen LogP contribution in [-0.4, -0.2) is 15.9 Å². The van der Waals surface area contributed by atoms with Gasteiger partial charge < -0.3 is 10.6 Å². The zero-order chi connectivity index (χ0) is 17.6. The van der Waals surface area contributed by atoms with Crippen LogP contribution in [0.15, 0.2) is 60.9 Å². The molecule has 0 bridgehead atoms. The maximum atomic E-state index is 12.2. The molecule has 0 aliphatic carbocycles. The molecule has 25 heavy (non-hydrogen) atoms. The largest absolute Gasteiger partial charge is 0.324 e. The second kappa shape index (κ2) is 7.43. The highest BCUT2D eigenvalue weighted by Crippen LogP contribution is 2.16. The molecular weight excluding hydrogens is 338 g/mol. The molecular formula is C18H12ClN5O. The van der Waals surface area contributed by atoms with E-state index in [1.165, 1.54) is 12.4 Å². The lowest BCUT2D eigenvalue weighted by Crippen LogP contribution is -2.13. The fourth-order valence-electron chi connectivity index (χ4n) is 2.04. The first-order valence-electron chi connectivity index (χ1n) is 7.30. The lowest BCUT2D eigenvalue weighted by atomic mass is 10.2. The van der Waals surface area contributed by atoms with Gasteiger partial charge in [-0.1, -0.05) is 17.7 Å². The van der Waals surface area contributed by atoms with Crippen molar-refractivity contribution < 1.29 is 4.79 Å². The number of carbonyl (C=O) groups excluding carboxylic acids is 1. The molecule has 0 radical (unpaired) electrons. The molecule has 0 spiro atoms. The van der Waals surface area contributed by atoms with E-state index in [0.717, 1.165) is 5.69 Å². The second-order valence-corrected chi connectivity index (χ2v) is 5.51. The average molecular weight is 350 g/mol. The molecule has 1 aromatic heterocycles. The Bertz CT molecular complexity index is 933. The molecule has 0 aliphatic heterocycles. The van der Waals surface area contributed by atoms with E-state index in [0.29, 0.717) is 27.8 Å². The molecule has 0 saturated heterocycles. The Morgan fingerprint density at radius 1 is 1.04 bits per heavy atom. The summed E-state index contributed by atoms with van der Waals surface area (Å²) in [4.78, 5) is 20.4. The van der Waals surface area contributed by atoms with Crippen molar-refractivity contribution in [3.8, 4) is 6.07 Å². The van der Waals surface area contributed by atoms with E-state index >= 15 is 0 Å². The number of nitrogens with one attached hydrogen (secondary N) is 2. The number of carbonyl (C=O) groups is 1. The van der Waals surface area contributed by atoms with Crippen LogP contribution < -0.4 is 10.6 Å². The van der Waals surface area contributed by atoms with Gasteiger partial charge in [0.15, 0.2) is 0 Å². The van der Waals surface area contributed by atoms with E-state index < -0.39 is 0 Å². The van der Waals surface area contributed by atoms with Gasteiger partial charge in [0.25, 0.3) is 5.91 Å². The van der Waals surface area contributed by atoms with E-state index in [-0.39, 0.29) is 5.91 Å². The van der Waals surface area contributed by atoms with Crippen LogP contribution in [0.1, 0.15) is 15.9 Å². The van der Waals surface area contributed by atoms with E-state index in [1.54, 1.807) is 48.5 Å². The van der Waals surface area contributed by atoms with Crippen molar-refractivity contribution in [2.75, 3.05) is 10.6 Å². The number of anilines is 3. The number of nitrogens with zero attached hydrogens (tertiary/aromatic N) is 3. The predicted molar refractivity (Wildman–Crippen MR) is 95.9 cm³/mol. The Morgan fingerprint density at radius 2 is 1.76 bits per heavy atom. The van der Waals surface area contributed by atoms with Crippen LogP contribution in [-0.2, 0) is 0 Å². The minimum absolute atomic E-state index is 0.324. The van der Waals surface area contributed by atoms with Crippen molar-refractivity contribution in [2.45, 2.75) is 0 Å². The molecule has 0 saturated carbocycles. The molecule has 3 rings (SSSR count). The third-order valence-corrected chi connectivity index (χ3v) is 3.50. The van der Waals surface area contributed by atoms with Crippen molar-refractivity contribution in [3.05, 3.63) is 77.1 Å². The Kier molecular flexibility index (Phi) is 4.88. The number of hydrogen-bond acceptors (Lipinski definition) is 5. The van der Waals surface area contributed by atoms with Gasteiger partial charge in [0.1, 0.15) is 0 Å². The van der Waals surface area contributed by atoms with Gasteiger partial charge in [0.05, 0.1) is 17.2 Å². The number of rotatable bonds is 4. The van der Waals surface area contributed by atoms with Crippen LogP contribution in [0.5, 0.6) is 0 Å². The third-order valence-electron chi connectivity index (χ3n) is 3.27. The van der Waals surface area contributed by atoms with E-state index in [9.17, 15) is 4.79 Å². The summed E-state index contributed by atoms with van der Waals surface area (Å²) >= 11 is 5.89. The van der Waals surface area contributed by atoms with Crippen LogP contribution in [0.4, 0.5) is 17.3 Å². The molecule has 122 valence electrons. The van der Waals surface area contributed by atoms with E-state index in [1.807, 2.05) is 6.07 Å². The van der Waals surface area contributed by atoms with Gasteiger partial charge in [0.2, 0.25) is 5.95 Å². The SMILES string of the molecule is N#Cc1ccc(Nc2ncc(C(=O)Nc3cccc(Cl)c3)cn2)cc1. The minimum Gasteiger partial charge on any atom is -0.324 e. The first kappa shape index (κ1) is 16.4. The summed E-state index contributed by atoms with van der Waals surface area (Å²) in [5.74, 6) is 0.0243. The summed E-state index contributed by atoms with van der Waals surface area (Å²) in [5, 5.41) is 15.0. The van der Waals surface area contributed by atoms with Crippen LogP contribution in [0, 0.1) is 11.3 Å². The molecule has 3 aromatic rings. The van der Waals surface area contributed by atoms with Crippen molar-refractivity contribution in [2.24, 2.45) is 0 Å². The topological polar surface area (TPSA) is 90.7 Å². The normalized spacial score (nSPS) is 9.92. The quantitative estimate of drug-likeness (QED) is 0.743. The van der Waals surface area contributed by atoms with Crippen LogP contribution >= 0.6 is 11.6 Å². The second-order valence-electron chi connectivity index (χ2n) is 5.07. The lowest BCUT2D eigenvalue weighted by Gasteiger charge is -2.07. The van der Waals surface area contributed by atoms with Gasteiger partial charge in [0, 0.05) is 28.8 Å². The first-order valence-corrected chi connectivity index (χ1v) is 7.68. The smallest absolute Gasteiger partial charge is 0.258 e. The summed E-state index contributed by atoms with van der Waals surface area (Å²) in [6.07, 6.45) is 2.86. The van der Waals surface area contributed by atoms with Crippen LogP contribution in [0.25, 0.3) is 0 Å². The standard InChI is InChI=1S/C18H12ClN5O/c19-14-2-1-3-16(8-14)23-17(25)13-10-21-18(22-11-13)24-15-6-4-12(9-20)5-7-15/h1-8,10-11H,(H,23,25)(H,21,22,24). The van der Waals surface area contributed by atoms with Crippen molar-refractivity contribution in [1.29, 1.82) is 5.26 Å². The van der Waals surface area contributed by atoms with Crippen molar-refractivity contribution in [1.82, 2.24) is 9.97 Å². The van der Waals surface area contributed by atoms with E-state index in [2.05, 4.69) is 20.6 Å². The van der Waals surface area contributed by atoms with Crippen molar-refractivity contribution in [3.63, 3.8) is 0 Å². The summed E-state index contributed by atoms with van der Waals surface area (Å²) in [7, 11) is 0. The predicted octanol–water partition coefficient (Wildman–Crippen LogP) is 4.00. The zero-order valence-corrected chi connectivity index (χ0v) is 13.7. The number of hydrogen-bond donors (Lipinski definition) is 2. The molecule has 1 heterocycles. The minimum atomic E-state index is -0.327. The summed E-state index contributed by atoms with van der Waals surface area (Å²) in [6, 6.07) is 15.8.